The highest BCUT2D eigenvalue weighted by molar-refractivity contribution is 6.36. The van der Waals surface area contributed by atoms with E-state index in [1.54, 1.807) is 34.6 Å². The van der Waals surface area contributed by atoms with Crippen molar-refractivity contribution >= 4 is 35.0 Å². The molecule has 1 aliphatic rings. The lowest BCUT2D eigenvalue weighted by Crippen LogP contribution is -2.38. The van der Waals surface area contributed by atoms with Crippen LogP contribution in [-0.2, 0) is 16.0 Å². The molecule has 2 heterocycles. The van der Waals surface area contributed by atoms with Crippen molar-refractivity contribution in [3.05, 3.63) is 44.3 Å². The van der Waals surface area contributed by atoms with E-state index in [1.807, 2.05) is 13.8 Å². The maximum atomic E-state index is 13.4. The van der Waals surface area contributed by atoms with Gasteiger partial charge in [0.25, 0.3) is 5.56 Å². The summed E-state index contributed by atoms with van der Waals surface area (Å²) in [5.74, 6) is 0.473. The van der Waals surface area contributed by atoms with Crippen LogP contribution >= 0.6 is 23.2 Å². The number of ether oxygens (including phenoxy) is 2. The number of amides is 1. The molecule has 0 radical (unpaired) electrons. The molecule has 3 rings (SSSR count). The van der Waals surface area contributed by atoms with Crippen molar-refractivity contribution in [3.8, 4) is 11.4 Å². The summed E-state index contributed by atoms with van der Waals surface area (Å²) in [5.41, 5.74) is 1.31. The van der Waals surface area contributed by atoms with Gasteiger partial charge in [-0.25, -0.2) is 9.78 Å². The molecule has 1 saturated heterocycles. The first-order valence-electron chi connectivity index (χ1n) is 10.1. The summed E-state index contributed by atoms with van der Waals surface area (Å²) in [5, 5.41) is 4.20. The molecule has 8 nitrogen and oxygen atoms in total. The molecule has 0 spiro atoms. The summed E-state index contributed by atoms with van der Waals surface area (Å²) < 4.78 is 12.2. The first-order chi connectivity index (χ1) is 14.8. The highest BCUT2D eigenvalue weighted by atomic mass is 35.5. The number of likely N-dealkylation sites (tertiary alicyclic amines) is 1. The Morgan fingerprint density at radius 3 is 2.65 bits per heavy atom. The van der Waals surface area contributed by atoms with Crippen molar-refractivity contribution in [2.24, 2.45) is 0 Å². The van der Waals surface area contributed by atoms with E-state index in [0.29, 0.717) is 59.1 Å². The molecule has 0 aliphatic carbocycles. The SMILES string of the molecule is CCOC1CN(C(=O)OC)CC1Nc1c(C)nc(-c2ccc(Cl)cc2Cl)n(CC)c1=O. The molecule has 2 atom stereocenters. The van der Waals surface area contributed by atoms with Gasteiger partial charge in [-0.05, 0) is 39.0 Å². The van der Waals surface area contributed by atoms with Crippen LogP contribution in [0.4, 0.5) is 10.5 Å². The number of hydrogen-bond donors (Lipinski definition) is 1. The van der Waals surface area contributed by atoms with Gasteiger partial charge in [-0.15, -0.1) is 0 Å². The molecule has 0 bridgehead atoms. The zero-order valence-corrected chi connectivity index (χ0v) is 19.5. The van der Waals surface area contributed by atoms with E-state index in [4.69, 9.17) is 32.7 Å². The van der Waals surface area contributed by atoms with E-state index in [9.17, 15) is 9.59 Å². The van der Waals surface area contributed by atoms with E-state index in [2.05, 4.69) is 10.3 Å². The Bertz CT molecular complexity index is 1030. The maximum absolute atomic E-state index is 13.4. The first kappa shape index (κ1) is 23.4. The molecule has 0 saturated carbocycles. The van der Waals surface area contributed by atoms with E-state index >= 15 is 0 Å². The Labute approximate surface area is 191 Å². The van der Waals surface area contributed by atoms with E-state index in [-0.39, 0.29) is 17.7 Å². The summed E-state index contributed by atoms with van der Waals surface area (Å²) in [6, 6.07) is 4.81. The van der Waals surface area contributed by atoms with Gasteiger partial charge in [0.15, 0.2) is 0 Å². The van der Waals surface area contributed by atoms with E-state index in [1.165, 1.54) is 7.11 Å². The minimum absolute atomic E-state index is 0.220. The van der Waals surface area contributed by atoms with Gasteiger partial charge in [-0.3, -0.25) is 9.36 Å². The fraction of sp³-hybridized carbons (Fsp3) is 0.476. The predicted molar refractivity (Wildman–Crippen MR) is 121 cm³/mol. The van der Waals surface area contributed by atoms with Crippen LogP contribution in [0.1, 0.15) is 19.5 Å². The van der Waals surface area contributed by atoms with Gasteiger partial charge in [0.05, 0.1) is 36.5 Å². The number of aryl methyl sites for hydroxylation is 1. The first-order valence-corrected chi connectivity index (χ1v) is 10.8. The number of anilines is 1. The maximum Gasteiger partial charge on any atom is 0.409 e. The molecule has 1 aromatic heterocycles. The topological polar surface area (TPSA) is 85.7 Å². The number of carbonyl (C=O) groups excluding carboxylic acids is 1. The summed E-state index contributed by atoms with van der Waals surface area (Å²) in [6.07, 6.45) is -0.703. The summed E-state index contributed by atoms with van der Waals surface area (Å²) in [7, 11) is 1.34. The van der Waals surface area contributed by atoms with Gasteiger partial charge < -0.3 is 19.7 Å². The second-order valence-electron chi connectivity index (χ2n) is 7.19. The molecular weight excluding hydrogens is 443 g/mol. The van der Waals surface area contributed by atoms with Gasteiger partial charge in [-0.2, -0.15) is 0 Å². The number of methoxy groups -OCH3 is 1. The molecule has 31 heavy (non-hydrogen) atoms. The number of rotatable bonds is 6. The Kier molecular flexibility index (Phi) is 7.46. The van der Waals surface area contributed by atoms with Crippen molar-refractivity contribution in [1.29, 1.82) is 0 Å². The molecule has 1 amide bonds. The zero-order chi connectivity index (χ0) is 22.7. The van der Waals surface area contributed by atoms with Crippen molar-refractivity contribution < 1.29 is 14.3 Å². The second-order valence-corrected chi connectivity index (χ2v) is 8.03. The molecular formula is C21H26Cl2N4O4. The van der Waals surface area contributed by atoms with Crippen molar-refractivity contribution in [2.45, 2.75) is 39.5 Å². The van der Waals surface area contributed by atoms with Gasteiger partial charge in [0.2, 0.25) is 0 Å². The lowest BCUT2D eigenvalue weighted by Gasteiger charge is -2.22. The molecule has 10 heteroatoms. The minimum Gasteiger partial charge on any atom is -0.453 e. The molecule has 1 N–H and O–H groups in total. The summed E-state index contributed by atoms with van der Waals surface area (Å²) in [6.45, 7) is 7.15. The normalized spacial score (nSPS) is 18.3. The van der Waals surface area contributed by atoms with Gasteiger partial charge in [0, 0.05) is 30.3 Å². The fourth-order valence-electron chi connectivity index (χ4n) is 3.76. The summed E-state index contributed by atoms with van der Waals surface area (Å²) >= 11 is 12.4. The van der Waals surface area contributed by atoms with E-state index < -0.39 is 6.09 Å². The largest absolute Gasteiger partial charge is 0.453 e. The average molecular weight is 469 g/mol. The average Bonchev–Trinajstić information content (AvgIpc) is 3.13. The number of carbonyl (C=O) groups is 1. The molecule has 1 aliphatic heterocycles. The van der Waals surface area contributed by atoms with Crippen LogP contribution in [0, 0.1) is 6.92 Å². The van der Waals surface area contributed by atoms with Crippen LogP contribution in [0.2, 0.25) is 10.0 Å². The third-order valence-electron chi connectivity index (χ3n) is 5.25. The van der Waals surface area contributed by atoms with Gasteiger partial charge >= 0.3 is 6.09 Å². The van der Waals surface area contributed by atoms with E-state index in [0.717, 1.165) is 0 Å². The number of halogens is 2. The Balaban J connectivity index is 1.99. The number of nitrogens with zero attached hydrogens (tertiary/aromatic N) is 3. The Hall–Kier alpha value is -2.29. The minimum atomic E-state index is -0.428. The lowest BCUT2D eigenvalue weighted by molar-refractivity contribution is 0.0614. The lowest BCUT2D eigenvalue weighted by atomic mass is 10.1. The van der Waals surface area contributed by atoms with Gasteiger partial charge in [-0.1, -0.05) is 23.2 Å². The third kappa shape index (κ3) is 4.81. The molecule has 2 aromatic rings. The zero-order valence-electron chi connectivity index (χ0n) is 17.9. The quantitative estimate of drug-likeness (QED) is 0.693. The van der Waals surface area contributed by atoms with Crippen LogP contribution in [0.25, 0.3) is 11.4 Å². The fourth-order valence-corrected chi connectivity index (χ4v) is 4.25. The van der Waals surface area contributed by atoms with Crippen molar-refractivity contribution in [2.75, 3.05) is 32.1 Å². The van der Waals surface area contributed by atoms with Crippen molar-refractivity contribution in [3.63, 3.8) is 0 Å². The molecule has 1 fully saturated rings. The van der Waals surface area contributed by atoms with Crippen LogP contribution in [-0.4, -0.2) is 59.5 Å². The number of nitrogens with one attached hydrogen (secondary N) is 1. The highest BCUT2D eigenvalue weighted by Gasteiger charge is 2.37. The van der Waals surface area contributed by atoms with Crippen LogP contribution in [0.5, 0.6) is 0 Å². The van der Waals surface area contributed by atoms with Crippen LogP contribution in [0.3, 0.4) is 0 Å². The molecule has 1 aromatic carbocycles. The highest BCUT2D eigenvalue weighted by Crippen LogP contribution is 2.30. The summed E-state index contributed by atoms with van der Waals surface area (Å²) in [4.78, 5) is 31.6. The third-order valence-corrected chi connectivity index (χ3v) is 5.80. The number of hydrogen-bond acceptors (Lipinski definition) is 6. The smallest absolute Gasteiger partial charge is 0.409 e. The predicted octanol–water partition coefficient (Wildman–Crippen LogP) is 3.81. The van der Waals surface area contributed by atoms with Gasteiger partial charge in [0.1, 0.15) is 11.5 Å². The monoisotopic (exact) mass is 468 g/mol. The number of benzene rings is 1. The molecule has 168 valence electrons. The standard InChI is InChI=1S/C21H26Cl2N4O4/c1-5-27-19(14-8-7-13(22)9-15(14)23)24-12(3)18(20(27)28)25-16-10-26(21(29)30-4)11-17(16)31-6-2/h7-9,16-17,25H,5-6,10-11H2,1-4H3. The molecule has 2 unspecified atom stereocenters. The van der Waals surface area contributed by atoms with Crippen molar-refractivity contribution in [1.82, 2.24) is 14.5 Å². The Morgan fingerprint density at radius 1 is 1.29 bits per heavy atom. The van der Waals surface area contributed by atoms with Crippen LogP contribution in [0.15, 0.2) is 23.0 Å². The second kappa shape index (κ2) is 9.89. The van der Waals surface area contributed by atoms with Crippen LogP contribution < -0.4 is 10.9 Å². The number of aromatic nitrogens is 2. The Morgan fingerprint density at radius 2 is 2.03 bits per heavy atom.